The molecule has 0 atom stereocenters. The topological polar surface area (TPSA) is 63.9 Å². The Kier molecular flexibility index (Phi) is 5.24. The van der Waals surface area contributed by atoms with E-state index in [0.29, 0.717) is 0 Å². The van der Waals surface area contributed by atoms with Crippen molar-refractivity contribution in [2.45, 2.75) is 13.3 Å². The maximum absolute atomic E-state index is 4.68. The summed E-state index contributed by atoms with van der Waals surface area (Å²) in [6, 6.07) is 20.1. The molecule has 3 heterocycles. The summed E-state index contributed by atoms with van der Waals surface area (Å²) in [5, 5.41) is 7.68. The Morgan fingerprint density at radius 3 is 2.21 bits per heavy atom. The first-order chi connectivity index (χ1) is 13.8. The smallest absolute Gasteiger partial charge is 0.0812 e. The summed E-state index contributed by atoms with van der Waals surface area (Å²) < 4.78 is 0. The van der Waals surface area contributed by atoms with E-state index in [1.807, 2.05) is 61.8 Å². The van der Waals surface area contributed by atoms with Crippen molar-refractivity contribution in [2.24, 2.45) is 4.99 Å². The van der Waals surface area contributed by atoms with Gasteiger partial charge in [-0.3, -0.25) is 15.0 Å². The lowest BCUT2D eigenvalue weighted by atomic mass is 10.1. The van der Waals surface area contributed by atoms with Gasteiger partial charge in [-0.05, 0) is 36.8 Å². The van der Waals surface area contributed by atoms with E-state index in [4.69, 9.17) is 0 Å². The molecule has 5 heteroatoms. The quantitative estimate of drug-likeness (QED) is 0.470. The predicted molar refractivity (Wildman–Crippen MR) is 111 cm³/mol. The Labute approximate surface area is 163 Å². The van der Waals surface area contributed by atoms with E-state index in [1.165, 1.54) is 0 Å². The molecule has 0 saturated heterocycles. The van der Waals surface area contributed by atoms with Crippen LogP contribution >= 0.6 is 0 Å². The summed E-state index contributed by atoms with van der Waals surface area (Å²) in [5.74, 6) is 0. The highest BCUT2D eigenvalue weighted by Crippen LogP contribution is 2.20. The summed E-state index contributed by atoms with van der Waals surface area (Å²) in [6.07, 6.45) is 7.80. The Bertz CT molecular complexity index is 1060. The van der Waals surface area contributed by atoms with Crippen LogP contribution in [0.3, 0.4) is 0 Å². The molecule has 5 nitrogen and oxygen atoms in total. The third-order valence-corrected chi connectivity index (χ3v) is 4.30. The molecule has 0 aliphatic heterocycles. The van der Waals surface area contributed by atoms with Crippen LogP contribution in [0.15, 0.2) is 90.4 Å². The summed E-state index contributed by atoms with van der Waals surface area (Å²) in [5.41, 5.74) is 6.86. The van der Waals surface area contributed by atoms with Crippen LogP contribution in [0, 0.1) is 0 Å². The Morgan fingerprint density at radius 1 is 0.750 bits per heavy atom. The van der Waals surface area contributed by atoms with Gasteiger partial charge in [0.1, 0.15) is 0 Å². The molecule has 0 saturated carbocycles. The van der Waals surface area contributed by atoms with Gasteiger partial charge in [-0.1, -0.05) is 36.4 Å². The zero-order chi connectivity index (χ0) is 19.2. The number of rotatable bonds is 5. The lowest BCUT2D eigenvalue weighted by molar-refractivity contribution is 1.03. The van der Waals surface area contributed by atoms with Crippen molar-refractivity contribution in [1.82, 2.24) is 20.2 Å². The first-order valence-electron chi connectivity index (χ1n) is 9.05. The van der Waals surface area contributed by atoms with Crippen molar-refractivity contribution in [3.05, 3.63) is 91.0 Å². The number of hydrogen-bond acceptors (Lipinski definition) is 5. The minimum Gasteiger partial charge on any atom is -0.256 e. The lowest BCUT2D eigenvalue weighted by Gasteiger charge is -2.05. The zero-order valence-corrected chi connectivity index (χ0v) is 15.5. The van der Waals surface area contributed by atoms with Crippen molar-refractivity contribution >= 4 is 11.4 Å². The highest BCUT2D eigenvalue weighted by Gasteiger charge is 2.03. The van der Waals surface area contributed by atoms with Crippen molar-refractivity contribution in [1.29, 1.82) is 0 Å². The zero-order valence-electron chi connectivity index (χ0n) is 15.5. The van der Waals surface area contributed by atoms with Gasteiger partial charge in [-0.2, -0.15) is 10.2 Å². The van der Waals surface area contributed by atoms with Crippen molar-refractivity contribution in [2.75, 3.05) is 0 Å². The van der Waals surface area contributed by atoms with Crippen LogP contribution in [0.1, 0.15) is 12.5 Å². The van der Waals surface area contributed by atoms with Gasteiger partial charge in [-0.25, -0.2) is 0 Å². The first-order valence-corrected chi connectivity index (χ1v) is 9.05. The average molecular weight is 365 g/mol. The first kappa shape index (κ1) is 17.7. The number of aromatic nitrogens is 4. The van der Waals surface area contributed by atoms with Gasteiger partial charge in [-0.15, -0.1) is 0 Å². The normalized spacial score (nSPS) is 11.4. The predicted octanol–water partition coefficient (Wildman–Crippen LogP) is 4.94. The molecular weight excluding hydrogens is 346 g/mol. The molecule has 0 amide bonds. The standard InChI is InChI=1S/C23H19N5/c1-17(13-18-7-9-23(24-14-18)20-11-12-26-27-15-20)28-21-8-10-22(25-16-21)19-5-3-2-4-6-19/h2-12,14-16H,13H2,1H3. The van der Waals surface area contributed by atoms with Gasteiger partial charge < -0.3 is 0 Å². The molecule has 0 bridgehead atoms. The monoisotopic (exact) mass is 365 g/mol. The SMILES string of the molecule is CC(Cc1ccc(-c2ccnnc2)nc1)=Nc1ccc(-c2ccccc2)nc1. The Hall–Kier alpha value is -3.73. The maximum Gasteiger partial charge on any atom is 0.0812 e. The van der Waals surface area contributed by atoms with Gasteiger partial charge in [0.05, 0.1) is 35.7 Å². The van der Waals surface area contributed by atoms with E-state index >= 15 is 0 Å². The molecule has 4 rings (SSSR count). The van der Waals surface area contributed by atoms with Crippen LogP contribution in [0.25, 0.3) is 22.5 Å². The number of hydrogen-bond donors (Lipinski definition) is 0. The van der Waals surface area contributed by atoms with Crippen LogP contribution in [-0.2, 0) is 6.42 Å². The minimum atomic E-state index is 0.738. The van der Waals surface area contributed by atoms with Crippen molar-refractivity contribution in [3.8, 4) is 22.5 Å². The Balaban J connectivity index is 1.44. The molecule has 28 heavy (non-hydrogen) atoms. The molecule has 0 N–H and O–H groups in total. The molecular formula is C23H19N5. The molecule has 0 radical (unpaired) electrons. The van der Waals surface area contributed by atoms with E-state index in [2.05, 4.69) is 43.4 Å². The van der Waals surface area contributed by atoms with E-state index < -0.39 is 0 Å². The van der Waals surface area contributed by atoms with Crippen LogP contribution < -0.4 is 0 Å². The molecule has 136 valence electrons. The highest BCUT2D eigenvalue weighted by atomic mass is 15.1. The lowest BCUT2D eigenvalue weighted by Crippen LogP contribution is -1.98. The summed E-state index contributed by atoms with van der Waals surface area (Å²) in [7, 11) is 0. The molecule has 0 unspecified atom stereocenters. The van der Waals surface area contributed by atoms with Gasteiger partial charge in [0.25, 0.3) is 0 Å². The molecule has 0 aliphatic rings. The number of pyridine rings is 2. The molecule has 4 aromatic rings. The second-order valence-electron chi connectivity index (χ2n) is 6.47. The van der Waals surface area contributed by atoms with Crippen molar-refractivity contribution in [3.63, 3.8) is 0 Å². The van der Waals surface area contributed by atoms with E-state index in [0.717, 1.165) is 45.9 Å². The Morgan fingerprint density at radius 2 is 1.54 bits per heavy atom. The third-order valence-electron chi connectivity index (χ3n) is 4.30. The second kappa shape index (κ2) is 8.31. The fraction of sp³-hybridized carbons (Fsp3) is 0.0870. The maximum atomic E-state index is 4.68. The fourth-order valence-corrected chi connectivity index (χ4v) is 2.93. The number of benzene rings is 1. The average Bonchev–Trinajstić information content (AvgIpc) is 2.76. The summed E-state index contributed by atoms with van der Waals surface area (Å²) in [6.45, 7) is 2.02. The van der Waals surface area contributed by atoms with E-state index in [1.54, 1.807) is 12.4 Å². The molecule has 1 aromatic carbocycles. The van der Waals surface area contributed by atoms with Crippen LogP contribution in [0.5, 0.6) is 0 Å². The summed E-state index contributed by atoms with van der Waals surface area (Å²) >= 11 is 0. The second-order valence-corrected chi connectivity index (χ2v) is 6.47. The molecule has 0 fully saturated rings. The van der Waals surface area contributed by atoms with Gasteiger partial charge >= 0.3 is 0 Å². The summed E-state index contributed by atoms with van der Waals surface area (Å²) in [4.78, 5) is 13.7. The molecule has 0 aliphatic carbocycles. The number of aliphatic imine (C=N–C) groups is 1. The fourth-order valence-electron chi connectivity index (χ4n) is 2.93. The van der Waals surface area contributed by atoms with Crippen LogP contribution in [0.2, 0.25) is 0 Å². The van der Waals surface area contributed by atoms with Gasteiger partial charge in [0, 0.05) is 29.5 Å². The number of nitrogens with zero attached hydrogens (tertiary/aromatic N) is 5. The van der Waals surface area contributed by atoms with E-state index in [9.17, 15) is 0 Å². The molecule has 3 aromatic heterocycles. The minimum absolute atomic E-state index is 0.738. The van der Waals surface area contributed by atoms with Crippen LogP contribution in [0.4, 0.5) is 5.69 Å². The van der Waals surface area contributed by atoms with E-state index in [-0.39, 0.29) is 0 Å². The third kappa shape index (κ3) is 4.32. The van der Waals surface area contributed by atoms with Crippen molar-refractivity contribution < 1.29 is 0 Å². The van der Waals surface area contributed by atoms with Gasteiger partial charge in [0.2, 0.25) is 0 Å². The van der Waals surface area contributed by atoms with Crippen LogP contribution in [-0.4, -0.2) is 25.9 Å². The van der Waals surface area contributed by atoms with Gasteiger partial charge in [0.15, 0.2) is 0 Å². The molecule has 0 spiro atoms. The highest BCUT2D eigenvalue weighted by molar-refractivity contribution is 5.86. The largest absolute Gasteiger partial charge is 0.256 e.